The molecule has 6 nitrogen and oxygen atoms in total. The van der Waals surface area contributed by atoms with Gasteiger partial charge in [-0.25, -0.2) is 13.4 Å². The van der Waals surface area contributed by atoms with Crippen LogP contribution < -0.4 is 0 Å². The summed E-state index contributed by atoms with van der Waals surface area (Å²) in [7, 11) is -3.52. The summed E-state index contributed by atoms with van der Waals surface area (Å²) >= 11 is 5.17. The van der Waals surface area contributed by atoms with Crippen LogP contribution in [0.2, 0.25) is 0 Å². The van der Waals surface area contributed by atoms with Gasteiger partial charge in [0, 0.05) is 29.9 Å². The molecule has 5 rings (SSSR count). The Morgan fingerprint density at radius 1 is 1.15 bits per heavy atom. The SMILES string of the molecule is C[C@H]1CCCN(S(=O)(=O)c2ccc3c(c2)nc(SCc2ccc(Br)cc2)n3C[C@H]2CCCO2)C1. The van der Waals surface area contributed by atoms with E-state index >= 15 is 0 Å². The molecule has 0 radical (unpaired) electrons. The molecule has 0 unspecified atom stereocenters. The largest absolute Gasteiger partial charge is 0.376 e. The molecule has 1 aromatic heterocycles. The zero-order chi connectivity index (χ0) is 23.7. The minimum absolute atomic E-state index is 0.169. The van der Waals surface area contributed by atoms with Gasteiger partial charge in [0.15, 0.2) is 5.16 Å². The molecule has 2 aliphatic heterocycles. The number of benzene rings is 2. The summed E-state index contributed by atoms with van der Waals surface area (Å²) in [4.78, 5) is 5.23. The zero-order valence-electron chi connectivity index (χ0n) is 19.3. The third-order valence-electron chi connectivity index (χ3n) is 6.63. The number of halogens is 1. The van der Waals surface area contributed by atoms with Gasteiger partial charge in [0.2, 0.25) is 10.0 Å². The van der Waals surface area contributed by atoms with Gasteiger partial charge in [0.1, 0.15) is 0 Å². The third-order valence-corrected chi connectivity index (χ3v) is 10.1. The summed E-state index contributed by atoms with van der Waals surface area (Å²) < 4.78 is 37.5. The van der Waals surface area contributed by atoms with E-state index < -0.39 is 10.0 Å². The van der Waals surface area contributed by atoms with Crippen molar-refractivity contribution in [2.45, 2.75) is 61.1 Å². The first-order valence-corrected chi connectivity index (χ1v) is 15.1. The first-order valence-electron chi connectivity index (χ1n) is 11.9. The van der Waals surface area contributed by atoms with Crippen LogP contribution in [0.25, 0.3) is 11.0 Å². The minimum Gasteiger partial charge on any atom is -0.376 e. The van der Waals surface area contributed by atoms with Crippen LogP contribution >= 0.6 is 27.7 Å². The van der Waals surface area contributed by atoms with Crippen molar-refractivity contribution in [2.75, 3.05) is 19.7 Å². The molecule has 0 amide bonds. The number of imidazole rings is 1. The van der Waals surface area contributed by atoms with Crippen molar-refractivity contribution in [3.8, 4) is 0 Å². The molecule has 0 N–H and O–H groups in total. The van der Waals surface area contributed by atoms with Crippen molar-refractivity contribution < 1.29 is 13.2 Å². The number of sulfonamides is 1. The van der Waals surface area contributed by atoms with Crippen LogP contribution in [0.1, 0.15) is 38.2 Å². The van der Waals surface area contributed by atoms with Crippen LogP contribution in [0.15, 0.2) is 57.0 Å². The molecule has 182 valence electrons. The van der Waals surface area contributed by atoms with Crippen LogP contribution in [0.5, 0.6) is 0 Å². The Bertz CT molecular complexity index is 1250. The molecule has 2 fully saturated rings. The Hall–Kier alpha value is -1.39. The van der Waals surface area contributed by atoms with Gasteiger partial charge in [-0.15, -0.1) is 0 Å². The molecular formula is C25H30BrN3O3S2. The first kappa shape index (κ1) is 24.3. The van der Waals surface area contributed by atoms with E-state index in [9.17, 15) is 8.42 Å². The summed E-state index contributed by atoms with van der Waals surface area (Å²) in [5, 5.41) is 0.898. The highest BCUT2D eigenvalue weighted by atomic mass is 79.9. The van der Waals surface area contributed by atoms with Crippen LogP contribution in [0.4, 0.5) is 0 Å². The van der Waals surface area contributed by atoms with Gasteiger partial charge < -0.3 is 9.30 Å². The predicted octanol–water partition coefficient (Wildman–Crippen LogP) is 5.69. The summed E-state index contributed by atoms with van der Waals surface area (Å²) in [6.07, 6.45) is 4.28. The molecule has 2 saturated heterocycles. The summed E-state index contributed by atoms with van der Waals surface area (Å²) in [6, 6.07) is 13.7. The number of aromatic nitrogens is 2. The third kappa shape index (κ3) is 5.23. The lowest BCUT2D eigenvalue weighted by molar-refractivity contribution is 0.0960. The first-order chi connectivity index (χ1) is 16.4. The standard InChI is InChI=1S/C25H30BrN3O3S2/c1-18-4-2-12-28(15-18)34(30,31)22-10-11-24-23(14-22)27-25(29(24)16-21-5-3-13-32-21)33-17-19-6-8-20(26)9-7-19/h6-11,14,18,21H,2-5,12-13,15-17H2,1H3/t18-,21+/m0/s1. The van der Waals surface area contributed by atoms with Crippen molar-refractivity contribution >= 4 is 48.7 Å². The number of ether oxygens (including phenoxy) is 1. The lowest BCUT2D eigenvalue weighted by atomic mass is 10.0. The highest BCUT2D eigenvalue weighted by Gasteiger charge is 2.29. The highest BCUT2D eigenvalue weighted by molar-refractivity contribution is 9.10. The van der Waals surface area contributed by atoms with Crippen molar-refractivity contribution in [1.82, 2.24) is 13.9 Å². The predicted molar refractivity (Wildman–Crippen MR) is 140 cm³/mol. The van der Waals surface area contributed by atoms with E-state index in [-0.39, 0.29) is 6.10 Å². The smallest absolute Gasteiger partial charge is 0.243 e. The number of nitrogens with zero attached hydrogens (tertiary/aromatic N) is 3. The van der Waals surface area contributed by atoms with Crippen molar-refractivity contribution in [3.05, 3.63) is 52.5 Å². The maximum atomic E-state index is 13.3. The molecule has 0 spiro atoms. The fraction of sp³-hybridized carbons (Fsp3) is 0.480. The second kappa shape index (κ2) is 10.3. The van der Waals surface area contributed by atoms with Gasteiger partial charge in [-0.3, -0.25) is 0 Å². The Balaban J connectivity index is 1.46. The number of rotatable bonds is 7. The van der Waals surface area contributed by atoms with E-state index in [0.717, 1.165) is 65.3 Å². The van der Waals surface area contributed by atoms with E-state index in [1.54, 1.807) is 28.2 Å². The van der Waals surface area contributed by atoms with E-state index in [4.69, 9.17) is 9.72 Å². The molecule has 2 atom stereocenters. The fourth-order valence-corrected chi connectivity index (χ4v) is 7.63. The van der Waals surface area contributed by atoms with Gasteiger partial charge >= 0.3 is 0 Å². The lowest BCUT2D eigenvalue weighted by Crippen LogP contribution is -2.39. The maximum absolute atomic E-state index is 13.3. The Morgan fingerprint density at radius 3 is 2.71 bits per heavy atom. The van der Waals surface area contributed by atoms with Crippen molar-refractivity contribution in [3.63, 3.8) is 0 Å². The van der Waals surface area contributed by atoms with E-state index in [1.165, 1.54) is 5.56 Å². The van der Waals surface area contributed by atoms with Gasteiger partial charge in [0.05, 0.1) is 28.6 Å². The fourth-order valence-electron chi connectivity index (χ4n) is 4.77. The van der Waals surface area contributed by atoms with E-state index in [2.05, 4.69) is 39.6 Å². The normalized spacial score (nSPS) is 21.9. The summed E-state index contributed by atoms with van der Waals surface area (Å²) in [6.45, 7) is 4.82. The molecule has 3 heterocycles. The monoisotopic (exact) mass is 563 g/mol. The van der Waals surface area contributed by atoms with Crippen LogP contribution in [0, 0.1) is 5.92 Å². The maximum Gasteiger partial charge on any atom is 0.243 e. The second-order valence-corrected chi connectivity index (χ2v) is 13.1. The minimum atomic E-state index is -3.52. The zero-order valence-corrected chi connectivity index (χ0v) is 22.5. The Morgan fingerprint density at radius 2 is 1.97 bits per heavy atom. The molecule has 3 aromatic rings. The van der Waals surface area contributed by atoms with Crippen LogP contribution in [-0.4, -0.2) is 48.1 Å². The molecule has 0 bridgehead atoms. The summed E-state index contributed by atoms with van der Waals surface area (Å²) in [5.74, 6) is 1.18. The molecule has 0 aliphatic carbocycles. The van der Waals surface area contributed by atoms with Gasteiger partial charge in [-0.1, -0.05) is 46.7 Å². The van der Waals surface area contributed by atoms with Crippen LogP contribution in [-0.2, 0) is 27.1 Å². The number of piperidine rings is 1. The van der Waals surface area contributed by atoms with Gasteiger partial charge in [-0.2, -0.15) is 4.31 Å². The number of fused-ring (bicyclic) bond motifs is 1. The topological polar surface area (TPSA) is 64.4 Å². The average Bonchev–Trinajstić information content (AvgIpc) is 3.46. The highest BCUT2D eigenvalue weighted by Crippen LogP contribution is 2.31. The van der Waals surface area contributed by atoms with Crippen LogP contribution in [0.3, 0.4) is 0 Å². The summed E-state index contributed by atoms with van der Waals surface area (Å²) in [5.41, 5.74) is 2.90. The molecular weight excluding hydrogens is 534 g/mol. The average molecular weight is 565 g/mol. The van der Waals surface area contributed by atoms with Gasteiger partial charge in [-0.05, 0) is 67.5 Å². The number of hydrogen-bond donors (Lipinski definition) is 0. The number of hydrogen-bond acceptors (Lipinski definition) is 5. The van der Waals surface area contributed by atoms with Gasteiger partial charge in [0.25, 0.3) is 0 Å². The molecule has 2 aromatic carbocycles. The molecule has 34 heavy (non-hydrogen) atoms. The van der Waals surface area contributed by atoms with E-state index in [1.807, 2.05) is 18.2 Å². The Kier molecular flexibility index (Phi) is 7.37. The Labute approximate surface area is 214 Å². The van der Waals surface area contributed by atoms with E-state index in [0.29, 0.717) is 23.9 Å². The number of thioether (sulfide) groups is 1. The lowest BCUT2D eigenvalue weighted by Gasteiger charge is -2.30. The molecule has 0 saturated carbocycles. The second-order valence-electron chi connectivity index (χ2n) is 9.32. The molecule has 9 heteroatoms. The van der Waals surface area contributed by atoms with Crippen molar-refractivity contribution in [2.24, 2.45) is 5.92 Å². The molecule has 2 aliphatic rings. The van der Waals surface area contributed by atoms with Crippen molar-refractivity contribution in [1.29, 1.82) is 0 Å². The quantitative estimate of drug-likeness (QED) is 0.345.